The maximum absolute atomic E-state index is 12.9. The Bertz CT molecular complexity index is 1050. The van der Waals surface area contributed by atoms with Crippen molar-refractivity contribution in [2.24, 2.45) is 0 Å². The minimum atomic E-state index is -0.903. The number of aliphatic hydroxyl groups is 1. The molecule has 0 radical (unpaired) electrons. The third kappa shape index (κ3) is 3.83. The number of nitrogens with zero attached hydrogens (tertiary/aromatic N) is 3. The van der Waals surface area contributed by atoms with Crippen molar-refractivity contribution in [3.8, 4) is 5.69 Å². The molecule has 1 aliphatic rings. The molecule has 0 saturated carbocycles. The standard InChI is InChI=1S/C24H27N3O2/c1-16-17(2)22-14-26(15-24(3,4)29)23(28)21(22)13-19(16)12-18-6-8-20(9-7-18)27-11-5-10-25-27/h5-11,13,29H,12,14-15H2,1-4H3. The van der Waals surface area contributed by atoms with Gasteiger partial charge in [0.05, 0.1) is 11.3 Å². The molecule has 0 aliphatic carbocycles. The highest BCUT2D eigenvalue weighted by Gasteiger charge is 2.33. The first-order valence-electron chi connectivity index (χ1n) is 9.95. The van der Waals surface area contributed by atoms with Gasteiger partial charge in [-0.05, 0) is 86.2 Å². The SMILES string of the molecule is Cc1c(Cc2ccc(-n3cccn3)cc2)cc2c(c1C)CN(CC(C)(C)O)C2=O. The Morgan fingerprint density at radius 1 is 1.14 bits per heavy atom. The van der Waals surface area contributed by atoms with E-state index in [4.69, 9.17) is 0 Å². The van der Waals surface area contributed by atoms with Crippen molar-refractivity contribution in [1.82, 2.24) is 14.7 Å². The fraction of sp³-hybridized carbons (Fsp3) is 0.333. The number of carbonyl (C=O) groups is 1. The number of fused-ring (bicyclic) bond motifs is 1. The zero-order valence-electron chi connectivity index (χ0n) is 17.4. The van der Waals surface area contributed by atoms with Crippen molar-refractivity contribution < 1.29 is 9.90 Å². The van der Waals surface area contributed by atoms with Crippen molar-refractivity contribution in [1.29, 1.82) is 0 Å². The summed E-state index contributed by atoms with van der Waals surface area (Å²) in [5.41, 5.74) is 6.77. The van der Waals surface area contributed by atoms with Crippen LogP contribution in [0.25, 0.3) is 5.69 Å². The van der Waals surface area contributed by atoms with E-state index in [-0.39, 0.29) is 5.91 Å². The van der Waals surface area contributed by atoms with Crippen LogP contribution in [0, 0.1) is 13.8 Å². The average molecular weight is 389 g/mol. The molecule has 29 heavy (non-hydrogen) atoms. The largest absolute Gasteiger partial charge is 0.389 e. The van der Waals surface area contributed by atoms with E-state index >= 15 is 0 Å². The second-order valence-electron chi connectivity index (χ2n) is 8.58. The number of benzene rings is 2. The average Bonchev–Trinajstić information content (AvgIpc) is 3.29. The van der Waals surface area contributed by atoms with Crippen molar-refractivity contribution in [3.05, 3.63) is 82.2 Å². The van der Waals surface area contributed by atoms with E-state index in [0.29, 0.717) is 13.1 Å². The first-order valence-corrected chi connectivity index (χ1v) is 9.95. The molecule has 0 fully saturated rings. The Morgan fingerprint density at radius 2 is 1.86 bits per heavy atom. The van der Waals surface area contributed by atoms with Crippen LogP contribution in [0.3, 0.4) is 0 Å². The minimum absolute atomic E-state index is 0.0144. The monoisotopic (exact) mass is 389 g/mol. The van der Waals surface area contributed by atoms with Gasteiger partial charge in [0.2, 0.25) is 0 Å². The van der Waals surface area contributed by atoms with Gasteiger partial charge in [-0.25, -0.2) is 4.68 Å². The summed E-state index contributed by atoms with van der Waals surface area (Å²) in [4.78, 5) is 14.7. The number of amides is 1. The summed E-state index contributed by atoms with van der Waals surface area (Å²) in [5.74, 6) is 0.0144. The predicted octanol–water partition coefficient (Wildman–Crippen LogP) is 3.81. The molecule has 1 aliphatic heterocycles. The molecule has 1 aromatic heterocycles. The summed E-state index contributed by atoms with van der Waals surface area (Å²) >= 11 is 0. The van der Waals surface area contributed by atoms with Crippen LogP contribution in [0.2, 0.25) is 0 Å². The summed E-state index contributed by atoms with van der Waals surface area (Å²) < 4.78 is 1.84. The Morgan fingerprint density at radius 3 is 2.48 bits per heavy atom. The Hall–Kier alpha value is -2.92. The summed E-state index contributed by atoms with van der Waals surface area (Å²) in [6, 6.07) is 12.3. The molecular formula is C24H27N3O2. The molecule has 150 valence electrons. The highest BCUT2D eigenvalue weighted by atomic mass is 16.3. The molecule has 1 N–H and O–H groups in total. The molecule has 2 aromatic carbocycles. The summed E-state index contributed by atoms with van der Waals surface area (Å²) in [6.45, 7) is 8.61. The molecule has 2 heterocycles. The Labute approximate surface area is 171 Å². The molecule has 0 spiro atoms. The first kappa shape index (κ1) is 19.4. The molecule has 4 rings (SSSR count). The molecule has 3 aromatic rings. The van der Waals surface area contributed by atoms with Crippen LogP contribution in [-0.2, 0) is 13.0 Å². The lowest BCUT2D eigenvalue weighted by Crippen LogP contribution is -2.38. The highest BCUT2D eigenvalue weighted by Crippen LogP contribution is 2.32. The van der Waals surface area contributed by atoms with E-state index in [2.05, 4.69) is 43.2 Å². The van der Waals surface area contributed by atoms with E-state index in [0.717, 1.165) is 23.2 Å². The van der Waals surface area contributed by atoms with E-state index in [1.54, 1.807) is 24.9 Å². The summed E-state index contributed by atoms with van der Waals surface area (Å²) in [7, 11) is 0. The van der Waals surface area contributed by atoms with Gasteiger partial charge in [-0.3, -0.25) is 4.79 Å². The zero-order valence-corrected chi connectivity index (χ0v) is 17.4. The first-order chi connectivity index (χ1) is 13.7. The second kappa shape index (κ2) is 7.16. The van der Waals surface area contributed by atoms with Crippen LogP contribution in [0.15, 0.2) is 48.8 Å². The molecule has 0 unspecified atom stereocenters. The van der Waals surface area contributed by atoms with Gasteiger partial charge in [0.25, 0.3) is 5.91 Å². The van der Waals surface area contributed by atoms with Gasteiger partial charge < -0.3 is 10.0 Å². The smallest absolute Gasteiger partial charge is 0.254 e. The predicted molar refractivity (Wildman–Crippen MR) is 113 cm³/mol. The van der Waals surface area contributed by atoms with Gasteiger partial charge in [0.1, 0.15) is 0 Å². The lowest BCUT2D eigenvalue weighted by Gasteiger charge is -2.25. The van der Waals surface area contributed by atoms with Crippen LogP contribution in [0.5, 0.6) is 0 Å². The lowest BCUT2D eigenvalue weighted by atomic mass is 9.91. The van der Waals surface area contributed by atoms with Gasteiger partial charge in [0, 0.05) is 31.0 Å². The Balaban J connectivity index is 1.60. The summed E-state index contributed by atoms with van der Waals surface area (Å²) in [6.07, 6.45) is 4.47. The summed E-state index contributed by atoms with van der Waals surface area (Å²) in [5, 5.41) is 14.4. The second-order valence-corrected chi connectivity index (χ2v) is 8.58. The van der Waals surface area contributed by atoms with E-state index in [1.165, 1.54) is 22.3 Å². The molecule has 1 amide bonds. The van der Waals surface area contributed by atoms with Crippen LogP contribution in [-0.4, -0.2) is 37.8 Å². The van der Waals surface area contributed by atoms with Crippen LogP contribution in [0.1, 0.15) is 52.0 Å². The van der Waals surface area contributed by atoms with Crippen LogP contribution >= 0.6 is 0 Å². The molecular weight excluding hydrogens is 362 g/mol. The highest BCUT2D eigenvalue weighted by molar-refractivity contribution is 5.99. The van der Waals surface area contributed by atoms with E-state index in [1.807, 2.05) is 23.0 Å². The number of hydrogen-bond acceptors (Lipinski definition) is 3. The maximum atomic E-state index is 12.9. The van der Waals surface area contributed by atoms with Gasteiger partial charge in [-0.2, -0.15) is 5.10 Å². The van der Waals surface area contributed by atoms with E-state index in [9.17, 15) is 9.90 Å². The number of rotatable bonds is 5. The lowest BCUT2D eigenvalue weighted by molar-refractivity contribution is 0.0314. The number of carbonyl (C=O) groups excluding carboxylic acids is 1. The van der Waals surface area contributed by atoms with Gasteiger partial charge in [0.15, 0.2) is 0 Å². The maximum Gasteiger partial charge on any atom is 0.254 e. The zero-order chi connectivity index (χ0) is 20.8. The fourth-order valence-corrected chi connectivity index (χ4v) is 4.05. The molecule has 0 bridgehead atoms. The molecule has 0 saturated heterocycles. The number of β-amino-alcohol motifs (C(OH)–C–C–N with tert-alkyl or cyclic N) is 1. The molecule has 5 heteroatoms. The normalized spacial score (nSPS) is 13.8. The molecule has 0 atom stereocenters. The van der Waals surface area contributed by atoms with Crippen LogP contribution in [0.4, 0.5) is 0 Å². The van der Waals surface area contributed by atoms with Crippen molar-refractivity contribution in [2.75, 3.05) is 6.54 Å². The van der Waals surface area contributed by atoms with Crippen LogP contribution < -0.4 is 0 Å². The van der Waals surface area contributed by atoms with Gasteiger partial charge in [-0.1, -0.05) is 12.1 Å². The molecule has 5 nitrogen and oxygen atoms in total. The fourth-order valence-electron chi connectivity index (χ4n) is 4.05. The topological polar surface area (TPSA) is 58.4 Å². The van der Waals surface area contributed by atoms with Crippen molar-refractivity contribution in [3.63, 3.8) is 0 Å². The van der Waals surface area contributed by atoms with Gasteiger partial charge >= 0.3 is 0 Å². The third-order valence-electron chi connectivity index (χ3n) is 5.68. The Kier molecular flexibility index (Phi) is 4.79. The van der Waals surface area contributed by atoms with E-state index < -0.39 is 5.60 Å². The third-order valence-corrected chi connectivity index (χ3v) is 5.68. The quantitative estimate of drug-likeness (QED) is 0.722. The van der Waals surface area contributed by atoms with Gasteiger partial charge in [-0.15, -0.1) is 0 Å². The van der Waals surface area contributed by atoms with Crippen molar-refractivity contribution >= 4 is 5.91 Å². The minimum Gasteiger partial charge on any atom is -0.389 e. The number of hydrogen-bond donors (Lipinski definition) is 1. The number of aromatic nitrogens is 2. The van der Waals surface area contributed by atoms with Crippen molar-refractivity contribution in [2.45, 2.75) is 46.3 Å².